The first kappa shape index (κ1) is 9.40. The minimum absolute atomic E-state index is 0.363. The molecule has 66 valence electrons. The summed E-state index contributed by atoms with van der Waals surface area (Å²) in [6.07, 6.45) is 1.30. The van der Waals surface area contributed by atoms with Crippen molar-refractivity contribution in [3.63, 3.8) is 0 Å². The molecule has 1 aliphatic heterocycles. The van der Waals surface area contributed by atoms with Gasteiger partial charge in [-0.15, -0.1) is 0 Å². The van der Waals surface area contributed by atoms with Crippen LogP contribution in [0.25, 0.3) is 0 Å². The van der Waals surface area contributed by atoms with Gasteiger partial charge in [0.25, 0.3) is 0 Å². The molecule has 11 heavy (non-hydrogen) atoms. The molecule has 0 aliphatic carbocycles. The topological polar surface area (TPSA) is 12.0 Å². The molecule has 1 heterocycles. The van der Waals surface area contributed by atoms with Crippen molar-refractivity contribution in [2.75, 3.05) is 12.3 Å². The molecule has 2 heteroatoms. The molecule has 0 bridgehead atoms. The van der Waals surface area contributed by atoms with Crippen LogP contribution in [0, 0.1) is 11.8 Å². The van der Waals surface area contributed by atoms with E-state index in [0.717, 1.165) is 17.6 Å². The average Bonchev–Trinajstić information content (AvgIpc) is 2.29. The van der Waals surface area contributed by atoms with Crippen LogP contribution >= 0.6 is 12.6 Å². The summed E-state index contributed by atoms with van der Waals surface area (Å²) in [5, 5.41) is 3.53. The van der Waals surface area contributed by atoms with Crippen LogP contribution in [0.1, 0.15) is 27.2 Å². The third kappa shape index (κ3) is 2.38. The summed E-state index contributed by atoms with van der Waals surface area (Å²) in [5.41, 5.74) is 0.363. The van der Waals surface area contributed by atoms with Crippen LogP contribution in [0.15, 0.2) is 0 Å². The number of nitrogens with one attached hydrogen (secondary N) is 1. The van der Waals surface area contributed by atoms with Crippen LogP contribution < -0.4 is 5.32 Å². The van der Waals surface area contributed by atoms with Crippen molar-refractivity contribution >= 4 is 12.6 Å². The highest BCUT2D eigenvalue weighted by molar-refractivity contribution is 7.80. The smallest absolute Gasteiger partial charge is 0.0128 e. The summed E-state index contributed by atoms with van der Waals surface area (Å²) in [4.78, 5) is 0. The van der Waals surface area contributed by atoms with Crippen molar-refractivity contribution < 1.29 is 0 Å². The van der Waals surface area contributed by atoms with Gasteiger partial charge in [0.2, 0.25) is 0 Å². The summed E-state index contributed by atoms with van der Waals surface area (Å²) < 4.78 is 0. The molecule has 1 fully saturated rings. The monoisotopic (exact) mass is 173 g/mol. The fraction of sp³-hybridized carbons (Fsp3) is 1.00. The minimum atomic E-state index is 0.363. The van der Waals surface area contributed by atoms with Gasteiger partial charge in [-0.1, -0.05) is 6.92 Å². The Morgan fingerprint density at radius 2 is 2.27 bits per heavy atom. The van der Waals surface area contributed by atoms with E-state index in [9.17, 15) is 0 Å². The van der Waals surface area contributed by atoms with Gasteiger partial charge < -0.3 is 5.32 Å². The van der Waals surface area contributed by atoms with E-state index in [4.69, 9.17) is 0 Å². The number of hydrogen-bond acceptors (Lipinski definition) is 2. The molecule has 1 N–H and O–H groups in total. The molecule has 2 atom stereocenters. The number of rotatable bonds is 2. The summed E-state index contributed by atoms with van der Waals surface area (Å²) in [7, 11) is 0. The molecule has 1 nitrogen and oxygen atoms in total. The molecule has 1 saturated heterocycles. The van der Waals surface area contributed by atoms with Crippen LogP contribution in [0.4, 0.5) is 0 Å². The van der Waals surface area contributed by atoms with Gasteiger partial charge in [-0.25, -0.2) is 0 Å². The highest BCUT2D eigenvalue weighted by Gasteiger charge is 2.32. The van der Waals surface area contributed by atoms with Crippen LogP contribution in [-0.2, 0) is 0 Å². The molecule has 0 radical (unpaired) electrons. The highest BCUT2D eigenvalue weighted by Crippen LogP contribution is 2.29. The van der Waals surface area contributed by atoms with Gasteiger partial charge in [0.1, 0.15) is 0 Å². The lowest BCUT2D eigenvalue weighted by atomic mass is 9.89. The summed E-state index contributed by atoms with van der Waals surface area (Å²) in [6.45, 7) is 8.02. The highest BCUT2D eigenvalue weighted by atomic mass is 32.1. The summed E-state index contributed by atoms with van der Waals surface area (Å²) in [6, 6.07) is 0. The Morgan fingerprint density at radius 1 is 1.64 bits per heavy atom. The zero-order valence-corrected chi connectivity index (χ0v) is 8.62. The second-order valence-corrected chi connectivity index (χ2v) is 4.75. The maximum Gasteiger partial charge on any atom is 0.0128 e. The molecule has 1 unspecified atom stereocenters. The Morgan fingerprint density at radius 3 is 2.64 bits per heavy atom. The Bertz CT molecular complexity index is 134. The van der Waals surface area contributed by atoms with Crippen LogP contribution in [0.5, 0.6) is 0 Å². The molecule has 0 spiro atoms. The molecular weight excluding hydrogens is 154 g/mol. The molecule has 0 aromatic heterocycles. The maximum absolute atomic E-state index is 4.32. The Kier molecular flexibility index (Phi) is 2.87. The fourth-order valence-electron chi connectivity index (χ4n) is 1.76. The average molecular weight is 173 g/mol. The van der Waals surface area contributed by atoms with E-state index >= 15 is 0 Å². The lowest BCUT2D eigenvalue weighted by Gasteiger charge is -2.19. The van der Waals surface area contributed by atoms with E-state index < -0.39 is 0 Å². The zero-order valence-electron chi connectivity index (χ0n) is 7.72. The summed E-state index contributed by atoms with van der Waals surface area (Å²) >= 11 is 4.32. The minimum Gasteiger partial charge on any atom is -0.311 e. The quantitative estimate of drug-likeness (QED) is 0.608. The van der Waals surface area contributed by atoms with E-state index in [2.05, 4.69) is 38.7 Å². The van der Waals surface area contributed by atoms with Crippen LogP contribution in [0.2, 0.25) is 0 Å². The van der Waals surface area contributed by atoms with Gasteiger partial charge in [0.05, 0.1) is 0 Å². The molecular formula is C9H19NS. The van der Waals surface area contributed by atoms with E-state index in [1.54, 1.807) is 0 Å². The Balaban J connectivity index is 2.41. The molecule has 0 saturated carbocycles. The molecule has 0 aromatic rings. The predicted molar refractivity (Wildman–Crippen MR) is 53.2 cm³/mol. The third-order valence-corrected chi connectivity index (χ3v) is 3.28. The predicted octanol–water partition coefficient (Wildman–Crippen LogP) is 1.94. The van der Waals surface area contributed by atoms with Crippen molar-refractivity contribution in [3.05, 3.63) is 0 Å². The van der Waals surface area contributed by atoms with Gasteiger partial charge in [0.15, 0.2) is 0 Å². The molecule has 0 amide bonds. The van der Waals surface area contributed by atoms with E-state index in [0.29, 0.717) is 5.54 Å². The number of hydrogen-bond donors (Lipinski definition) is 2. The van der Waals surface area contributed by atoms with Gasteiger partial charge in [-0.05, 0) is 44.4 Å². The first-order valence-corrected chi connectivity index (χ1v) is 5.04. The lowest BCUT2D eigenvalue weighted by molar-refractivity contribution is 0.387. The third-order valence-electron chi connectivity index (χ3n) is 2.71. The lowest BCUT2D eigenvalue weighted by Crippen LogP contribution is -2.31. The van der Waals surface area contributed by atoms with E-state index in [1.807, 2.05) is 0 Å². The second kappa shape index (κ2) is 3.36. The first-order chi connectivity index (χ1) is 5.05. The van der Waals surface area contributed by atoms with Crippen LogP contribution in [-0.4, -0.2) is 17.8 Å². The van der Waals surface area contributed by atoms with Gasteiger partial charge in [-0.2, -0.15) is 12.6 Å². The van der Waals surface area contributed by atoms with Gasteiger partial charge in [0, 0.05) is 5.54 Å². The Labute approximate surface area is 75.4 Å². The van der Waals surface area contributed by atoms with Crippen molar-refractivity contribution in [1.82, 2.24) is 5.32 Å². The standard InChI is InChI=1S/C9H19NS/c1-7(6-11)8-4-9(2,3)10-5-8/h7-8,10-11H,4-6H2,1-3H3/t7?,8-/m0/s1. The largest absolute Gasteiger partial charge is 0.311 e. The maximum atomic E-state index is 4.32. The second-order valence-electron chi connectivity index (χ2n) is 4.39. The van der Waals surface area contributed by atoms with Crippen LogP contribution in [0.3, 0.4) is 0 Å². The fourth-order valence-corrected chi connectivity index (χ4v) is 2.06. The van der Waals surface area contributed by atoms with Crippen molar-refractivity contribution in [1.29, 1.82) is 0 Å². The molecule has 1 aliphatic rings. The molecule has 0 aromatic carbocycles. The van der Waals surface area contributed by atoms with Crippen molar-refractivity contribution in [2.45, 2.75) is 32.7 Å². The van der Waals surface area contributed by atoms with Crippen molar-refractivity contribution in [2.24, 2.45) is 11.8 Å². The SMILES string of the molecule is CC(CS)[C@@H]1CNC(C)(C)C1. The summed E-state index contributed by atoms with van der Waals surface area (Å²) in [5.74, 6) is 2.61. The van der Waals surface area contributed by atoms with Gasteiger partial charge >= 0.3 is 0 Å². The Hall–Kier alpha value is 0.310. The molecule has 1 rings (SSSR count). The first-order valence-electron chi connectivity index (χ1n) is 4.41. The van der Waals surface area contributed by atoms with Crippen molar-refractivity contribution in [3.8, 4) is 0 Å². The van der Waals surface area contributed by atoms with E-state index in [-0.39, 0.29) is 0 Å². The van der Waals surface area contributed by atoms with Gasteiger partial charge in [-0.3, -0.25) is 0 Å². The number of thiol groups is 1. The normalized spacial score (nSPS) is 32.2. The van der Waals surface area contributed by atoms with E-state index in [1.165, 1.54) is 13.0 Å². The zero-order chi connectivity index (χ0) is 8.48.